The zero-order valence-corrected chi connectivity index (χ0v) is 12.8. The van der Waals surface area contributed by atoms with Gasteiger partial charge >= 0.3 is 12.1 Å². The largest absolute Gasteiger partial charge is 0.471 e. The number of hydrogen-bond donors (Lipinski definition) is 1. The molecule has 1 aliphatic rings. The van der Waals surface area contributed by atoms with E-state index in [2.05, 4.69) is 0 Å². The molecular formula is C14H14F3N3O5. The first-order valence-electron chi connectivity index (χ1n) is 7.20. The van der Waals surface area contributed by atoms with E-state index >= 15 is 0 Å². The number of carbonyl (C=O) groups excluding carboxylic acids is 2. The van der Waals surface area contributed by atoms with E-state index in [1.54, 1.807) is 0 Å². The molecule has 25 heavy (non-hydrogen) atoms. The molecule has 1 heterocycles. The van der Waals surface area contributed by atoms with Crippen LogP contribution in [-0.4, -0.2) is 42.2 Å². The van der Waals surface area contributed by atoms with Gasteiger partial charge in [-0.15, -0.1) is 0 Å². The molecule has 2 rings (SSSR count). The van der Waals surface area contributed by atoms with Crippen LogP contribution in [0.1, 0.15) is 23.2 Å². The van der Waals surface area contributed by atoms with Crippen molar-refractivity contribution in [1.29, 1.82) is 0 Å². The average Bonchev–Trinajstić information content (AvgIpc) is 2.54. The number of primary amides is 1. The zero-order valence-electron chi connectivity index (χ0n) is 12.8. The van der Waals surface area contributed by atoms with Gasteiger partial charge in [-0.2, -0.15) is 13.2 Å². The van der Waals surface area contributed by atoms with Crippen molar-refractivity contribution in [3.05, 3.63) is 33.9 Å². The van der Waals surface area contributed by atoms with Crippen LogP contribution >= 0.6 is 0 Å². The minimum atomic E-state index is -5.28. The van der Waals surface area contributed by atoms with Crippen LogP contribution in [0, 0.1) is 10.1 Å². The molecule has 1 aliphatic heterocycles. The fraction of sp³-hybridized carbons (Fsp3) is 0.429. The summed E-state index contributed by atoms with van der Waals surface area (Å²) in [6.07, 6.45) is -5.21. The second-order valence-electron chi connectivity index (χ2n) is 5.31. The van der Waals surface area contributed by atoms with Crippen LogP contribution in [0.3, 0.4) is 0 Å². The van der Waals surface area contributed by atoms with E-state index < -0.39 is 45.9 Å². The fourth-order valence-corrected chi connectivity index (χ4v) is 2.66. The molecule has 1 fully saturated rings. The Morgan fingerprint density at radius 1 is 1.28 bits per heavy atom. The number of benzene rings is 1. The summed E-state index contributed by atoms with van der Waals surface area (Å²) in [5.41, 5.74) is 3.08. The van der Waals surface area contributed by atoms with Gasteiger partial charge in [0.1, 0.15) is 5.69 Å². The van der Waals surface area contributed by atoms with Crippen LogP contribution in [0.15, 0.2) is 18.2 Å². The van der Waals surface area contributed by atoms with E-state index in [0.29, 0.717) is 0 Å². The van der Waals surface area contributed by atoms with Crippen LogP contribution in [-0.2, 0) is 9.53 Å². The van der Waals surface area contributed by atoms with Crippen molar-refractivity contribution < 1.29 is 32.4 Å². The molecule has 2 amide bonds. The lowest BCUT2D eigenvalue weighted by Crippen LogP contribution is -2.50. The number of nitro groups is 1. The third-order valence-electron chi connectivity index (χ3n) is 3.74. The van der Waals surface area contributed by atoms with Gasteiger partial charge in [-0.05, 0) is 18.9 Å². The molecular weight excluding hydrogens is 347 g/mol. The molecule has 0 spiro atoms. The minimum absolute atomic E-state index is 0.0338. The number of amides is 2. The molecule has 136 valence electrons. The SMILES string of the molecule is NC(=O)c1cccc([N+](=O)[O-])c1N(C(=O)C(F)(F)F)C1CCOCC1. The quantitative estimate of drug-likeness (QED) is 0.648. The van der Waals surface area contributed by atoms with Gasteiger partial charge in [0.05, 0.1) is 10.5 Å². The zero-order chi connectivity index (χ0) is 18.8. The smallest absolute Gasteiger partial charge is 0.381 e. The molecule has 0 bridgehead atoms. The molecule has 0 aliphatic carbocycles. The molecule has 1 saturated heterocycles. The Hall–Kier alpha value is -2.69. The van der Waals surface area contributed by atoms with Crippen molar-refractivity contribution in [2.24, 2.45) is 5.73 Å². The maximum atomic E-state index is 13.1. The maximum absolute atomic E-state index is 13.1. The lowest BCUT2D eigenvalue weighted by molar-refractivity contribution is -0.384. The Balaban J connectivity index is 2.70. The number of alkyl halides is 3. The molecule has 0 saturated carbocycles. The van der Waals surface area contributed by atoms with E-state index in [1.165, 1.54) is 0 Å². The summed E-state index contributed by atoms with van der Waals surface area (Å²) in [7, 11) is 0. The highest BCUT2D eigenvalue weighted by atomic mass is 19.4. The first-order chi connectivity index (χ1) is 11.6. The van der Waals surface area contributed by atoms with Gasteiger partial charge in [0, 0.05) is 25.3 Å². The van der Waals surface area contributed by atoms with Crippen LogP contribution in [0.5, 0.6) is 0 Å². The highest BCUT2D eigenvalue weighted by molar-refractivity contribution is 6.08. The predicted octanol–water partition coefficient (Wildman–Crippen LogP) is 1.77. The number of anilines is 1. The molecule has 11 heteroatoms. The Morgan fingerprint density at radius 3 is 2.36 bits per heavy atom. The molecule has 8 nitrogen and oxygen atoms in total. The van der Waals surface area contributed by atoms with Crippen molar-refractivity contribution in [1.82, 2.24) is 0 Å². The molecule has 1 aromatic carbocycles. The van der Waals surface area contributed by atoms with Gasteiger partial charge in [-0.3, -0.25) is 24.6 Å². The third-order valence-corrected chi connectivity index (χ3v) is 3.74. The Kier molecular flexibility index (Phi) is 5.26. The van der Waals surface area contributed by atoms with Gasteiger partial charge in [0.25, 0.3) is 11.6 Å². The molecule has 0 atom stereocenters. The van der Waals surface area contributed by atoms with Crippen molar-refractivity contribution in [2.45, 2.75) is 25.1 Å². The summed E-state index contributed by atoms with van der Waals surface area (Å²) >= 11 is 0. The Labute approximate surface area is 139 Å². The lowest BCUT2D eigenvalue weighted by atomic mass is 10.0. The monoisotopic (exact) mass is 361 g/mol. The van der Waals surface area contributed by atoms with Crippen molar-refractivity contribution in [2.75, 3.05) is 18.1 Å². The average molecular weight is 361 g/mol. The minimum Gasteiger partial charge on any atom is -0.381 e. The van der Waals surface area contributed by atoms with Crippen LogP contribution in [0.2, 0.25) is 0 Å². The summed E-state index contributed by atoms with van der Waals surface area (Å²) in [4.78, 5) is 34.2. The van der Waals surface area contributed by atoms with E-state index in [-0.39, 0.29) is 31.0 Å². The number of carbonyl (C=O) groups is 2. The van der Waals surface area contributed by atoms with Gasteiger partial charge in [-0.25, -0.2) is 0 Å². The second kappa shape index (κ2) is 7.05. The number of halogens is 3. The first kappa shape index (κ1) is 18.6. The number of rotatable bonds is 4. The molecule has 0 radical (unpaired) electrons. The highest BCUT2D eigenvalue weighted by Crippen LogP contribution is 2.37. The summed E-state index contributed by atoms with van der Waals surface area (Å²) < 4.78 is 44.4. The summed E-state index contributed by atoms with van der Waals surface area (Å²) in [6, 6.07) is 2.06. The van der Waals surface area contributed by atoms with Crippen LogP contribution < -0.4 is 10.6 Å². The highest BCUT2D eigenvalue weighted by Gasteiger charge is 2.48. The number of ether oxygens (including phenoxy) is 1. The number of nitrogens with zero attached hydrogens (tertiary/aromatic N) is 2. The number of nitro benzene ring substituents is 1. The van der Waals surface area contributed by atoms with Gasteiger partial charge in [0.2, 0.25) is 0 Å². The third kappa shape index (κ3) is 3.87. The molecule has 0 aromatic heterocycles. The normalized spacial score (nSPS) is 15.6. The second-order valence-corrected chi connectivity index (χ2v) is 5.31. The lowest BCUT2D eigenvalue weighted by Gasteiger charge is -2.35. The maximum Gasteiger partial charge on any atom is 0.471 e. The number of hydrogen-bond acceptors (Lipinski definition) is 5. The van der Waals surface area contributed by atoms with Gasteiger partial charge in [-0.1, -0.05) is 6.07 Å². The topological polar surface area (TPSA) is 116 Å². The van der Waals surface area contributed by atoms with E-state index in [1.807, 2.05) is 0 Å². The van der Waals surface area contributed by atoms with Crippen LogP contribution in [0.4, 0.5) is 24.5 Å². The fourth-order valence-electron chi connectivity index (χ4n) is 2.66. The van der Waals surface area contributed by atoms with Gasteiger partial charge in [0.15, 0.2) is 0 Å². The molecule has 2 N–H and O–H groups in total. The molecule has 0 unspecified atom stereocenters. The van der Waals surface area contributed by atoms with Crippen LogP contribution in [0.25, 0.3) is 0 Å². The van der Waals surface area contributed by atoms with Crippen molar-refractivity contribution in [3.8, 4) is 0 Å². The standard InChI is InChI=1S/C14H14F3N3O5/c15-14(16,17)13(22)19(8-4-6-25-7-5-8)11-9(12(18)21)2-1-3-10(11)20(23)24/h1-3,8H,4-7H2,(H2,18,21). The summed E-state index contributed by atoms with van der Waals surface area (Å²) in [5, 5.41) is 11.3. The van der Waals surface area contributed by atoms with Gasteiger partial charge < -0.3 is 10.5 Å². The summed E-state index contributed by atoms with van der Waals surface area (Å²) in [6.45, 7) is 0.164. The number of para-hydroxylation sites is 1. The Bertz CT molecular complexity index is 669. The van der Waals surface area contributed by atoms with Crippen molar-refractivity contribution in [3.63, 3.8) is 0 Å². The van der Waals surface area contributed by atoms with E-state index in [0.717, 1.165) is 18.2 Å². The Morgan fingerprint density at radius 2 is 1.88 bits per heavy atom. The number of nitrogens with two attached hydrogens (primary N) is 1. The predicted molar refractivity (Wildman–Crippen MR) is 79.0 cm³/mol. The van der Waals surface area contributed by atoms with Crippen molar-refractivity contribution >= 4 is 23.2 Å². The van der Waals surface area contributed by atoms with E-state index in [9.17, 15) is 32.9 Å². The van der Waals surface area contributed by atoms with E-state index in [4.69, 9.17) is 10.5 Å². The first-order valence-corrected chi connectivity index (χ1v) is 7.20. The summed E-state index contributed by atoms with van der Waals surface area (Å²) in [5.74, 6) is -3.47. The molecule has 1 aromatic rings.